The Labute approximate surface area is 168 Å². The molecular weight excluding hydrogens is 372 g/mol. The Bertz CT molecular complexity index is 979. The van der Waals surface area contributed by atoms with E-state index >= 15 is 0 Å². The molecule has 144 valence electrons. The SMILES string of the molecule is CCNC(=O)[C@@H](C)NC(=O)CSc1nnc(-c2ccccc2)c2ccccc12. The zero-order valence-electron chi connectivity index (χ0n) is 15.8. The van der Waals surface area contributed by atoms with E-state index in [0.717, 1.165) is 22.0 Å². The van der Waals surface area contributed by atoms with Crippen molar-refractivity contribution in [2.24, 2.45) is 0 Å². The van der Waals surface area contributed by atoms with Crippen LogP contribution in [0, 0.1) is 0 Å². The fourth-order valence-corrected chi connectivity index (χ4v) is 3.59. The Hall–Kier alpha value is -2.93. The fraction of sp³-hybridized carbons (Fsp3) is 0.238. The third kappa shape index (κ3) is 4.67. The lowest BCUT2D eigenvalue weighted by atomic mass is 10.1. The van der Waals surface area contributed by atoms with Crippen LogP contribution in [0.4, 0.5) is 0 Å². The topological polar surface area (TPSA) is 84.0 Å². The Kier molecular flexibility index (Phi) is 6.60. The lowest BCUT2D eigenvalue weighted by Crippen LogP contribution is -2.45. The van der Waals surface area contributed by atoms with E-state index in [2.05, 4.69) is 20.8 Å². The molecule has 2 aromatic carbocycles. The second-order valence-corrected chi connectivity index (χ2v) is 7.20. The maximum atomic E-state index is 12.2. The monoisotopic (exact) mass is 394 g/mol. The molecule has 0 saturated carbocycles. The predicted octanol–water partition coefficient (Wildman–Crippen LogP) is 3.03. The summed E-state index contributed by atoms with van der Waals surface area (Å²) >= 11 is 1.31. The van der Waals surface area contributed by atoms with Gasteiger partial charge in [0.1, 0.15) is 16.8 Å². The van der Waals surface area contributed by atoms with Crippen molar-refractivity contribution in [3.63, 3.8) is 0 Å². The highest BCUT2D eigenvalue weighted by molar-refractivity contribution is 8.00. The van der Waals surface area contributed by atoms with Crippen molar-refractivity contribution in [1.82, 2.24) is 20.8 Å². The molecule has 0 aliphatic heterocycles. The zero-order chi connectivity index (χ0) is 19.9. The maximum absolute atomic E-state index is 12.2. The largest absolute Gasteiger partial charge is 0.355 e. The van der Waals surface area contributed by atoms with E-state index in [1.54, 1.807) is 6.92 Å². The number of rotatable bonds is 7. The zero-order valence-corrected chi connectivity index (χ0v) is 16.6. The van der Waals surface area contributed by atoms with E-state index in [1.807, 2.05) is 61.5 Å². The second kappa shape index (κ2) is 9.32. The van der Waals surface area contributed by atoms with Crippen molar-refractivity contribution in [2.75, 3.05) is 12.3 Å². The number of carbonyl (C=O) groups excluding carboxylic acids is 2. The van der Waals surface area contributed by atoms with E-state index in [1.165, 1.54) is 11.8 Å². The lowest BCUT2D eigenvalue weighted by Gasteiger charge is -2.13. The first-order valence-electron chi connectivity index (χ1n) is 9.11. The molecule has 0 unspecified atom stereocenters. The van der Waals surface area contributed by atoms with Crippen LogP contribution in [0.2, 0.25) is 0 Å². The Morgan fingerprint density at radius 1 is 1.00 bits per heavy atom. The molecule has 0 saturated heterocycles. The van der Waals surface area contributed by atoms with Crippen LogP contribution in [-0.4, -0.2) is 40.4 Å². The predicted molar refractivity (Wildman–Crippen MR) is 112 cm³/mol. The van der Waals surface area contributed by atoms with Crippen molar-refractivity contribution in [1.29, 1.82) is 0 Å². The Balaban J connectivity index is 1.76. The van der Waals surface area contributed by atoms with E-state index < -0.39 is 6.04 Å². The molecule has 28 heavy (non-hydrogen) atoms. The van der Waals surface area contributed by atoms with Gasteiger partial charge in [-0.15, -0.1) is 10.2 Å². The van der Waals surface area contributed by atoms with Crippen LogP contribution in [-0.2, 0) is 9.59 Å². The van der Waals surface area contributed by atoms with Gasteiger partial charge in [-0.1, -0.05) is 66.4 Å². The van der Waals surface area contributed by atoms with Gasteiger partial charge >= 0.3 is 0 Å². The van der Waals surface area contributed by atoms with Gasteiger partial charge in [0.05, 0.1) is 5.75 Å². The van der Waals surface area contributed by atoms with Crippen LogP contribution in [0.15, 0.2) is 59.6 Å². The van der Waals surface area contributed by atoms with Crippen LogP contribution < -0.4 is 10.6 Å². The summed E-state index contributed by atoms with van der Waals surface area (Å²) < 4.78 is 0. The summed E-state index contributed by atoms with van der Waals surface area (Å²) in [6.45, 7) is 4.03. The van der Waals surface area contributed by atoms with Gasteiger partial charge in [-0.2, -0.15) is 0 Å². The summed E-state index contributed by atoms with van der Waals surface area (Å²) in [4.78, 5) is 23.9. The summed E-state index contributed by atoms with van der Waals surface area (Å²) in [5, 5.41) is 16.8. The average Bonchev–Trinajstić information content (AvgIpc) is 2.72. The summed E-state index contributed by atoms with van der Waals surface area (Å²) in [5.74, 6) is -0.257. The molecule has 0 aliphatic carbocycles. The quantitative estimate of drug-likeness (QED) is 0.602. The minimum atomic E-state index is -0.573. The van der Waals surface area contributed by atoms with Crippen molar-refractivity contribution in [3.05, 3.63) is 54.6 Å². The van der Waals surface area contributed by atoms with Crippen LogP contribution in [0.3, 0.4) is 0 Å². The van der Waals surface area contributed by atoms with Gasteiger partial charge in [-0.05, 0) is 13.8 Å². The van der Waals surface area contributed by atoms with Gasteiger partial charge in [0, 0.05) is 22.9 Å². The number of carbonyl (C=O) groups is 2. The van der Waals surface area contributed by atoms with Gasteiger partial charge in [0.2, 0.25) is 11.8 Å². The molecule has 0 radical (unpaired) electrons. The summed E-state index contributed by atoms with van der Waals surface area (Å²) in [5.41, 5.74) is 1.81. The van der Waals surface area contributed by atoms with Crippen LogP contribution in [0.1, 0.15) is 13.8 Å². The number of aromatic nitrogens is 2. The molecule has 0 fully saturated rings. The molecule has 1 atom stereocenters. The number of amides is 2. The van der Waals surface area contributed by atoms with Crippen LogP contribution >= 0.6 is 11.8 Å². The molecule has 6 nitrogen and oxygen atoms in total. The molecule has 7 heteroatoms. The average molecular weight is 395 g/mol. The van der Waals surface area contributed by atoms with Gasteiger partial charge in [0.15, 0.2) is 0 Å². The molecule has 3 aromatic rings. The number of hydrogen-bond acceptors (Lipinski definition) is 5. The molecular formula is C21H22N4O2S. The first-order chi connectivity index (χ1) is 13.6. The number of likely N-dealkylation sites (N-methyl/N-ethyl adjacent to an activating group) is 1. The normalized spacial score (nSPS) is 11.8. The molecule has 0 spiro atoms. The van der Waals surface area contributed by atoms with Crippen molar-refractivity contribution in [3.8, 4) is 11.3 Å². The number of fused-ring (bicyclic) bond motifs is 1. The number of benzene rings is 2. The van der Waals surface area contributed by atoms with Gasteiger partial charge in [0.25, 0.3) is 0 Å². The minimum Gasteiger partial charge on any atom is -0.355 e. The highest BCUT2D eigenvalue weighted by atomic mass is 32.2. The molecule has 1 heterocycles. The molecule has 2 N–H and O–H groups in total. The van der Waals surface area contributed by atoms with Crippen LogP contribution in [0.25, 0.3) is 22.0 Å². The lowest BCUT2D eigenvalue weighted by molar-refractivity contribution is -0.127. The Morgan fingerprint density at radius 2 is 1.68 bits per heavy atom. The summed E-state index contributed by atoms with van der Waals surface area (Å²) in [6.07, 6.45) is 0. The smallest absolute Gasteiger partial charge is 0.242 e. The first-order valence-corrected chi connectivity index (χ1v) is 10.1. The van der Waals surface area contributed by atoms with Gasteiger partial charge in [-0.25, -0.2) is 0 Å². The standard InChI is InChI=1S/C21H22N4O2S/c1-3-22-20(27)14(2)23-18(26)13-28-21-17-12-8-7-11-16(17)19(24-25-21)15-9-5-4-6-10-15/h4-12,14H,3,13H2,1-2H3,(H,22,27)(H,23,26)/t14-/m1/s1. The van der Waals surface area contributed by atoms with Crippen molar-refractivity contribution in [2.45, 2.75) is 24.9 Å². The Morgan fingerprint density at radius 3 is 2.39 bits per heavy atom. The third-order valence-corrected chi connectivity index (χ3v) is 5.14. The number of thioether (sulfide) groups is 1. The number of hydrogen-bond donors (Lipinski definition) is 2. The van der Waals surface area contributed by atoms with Gasteiger partial charge < -0.3 is 10.6 Å². The summed E-state index contributed by atoms with van der Waals surface area (Å²) in [6, 6.07) is 17.2. The van der Waals surface area contributed by atoms with E-state index in [9.17, 15) is 9.59 Å². The molecule has 1 aromatic heterocycles. The van der Waals surface area contributed by atoms with Crippen LogP contribution in [0.5, 0.6) is 0 Å². The third-order valence-electron chi connectivity index (χ3n) is 4.16. The van der Waals surface area contributed by atoms with E-state index in [0.29, 0.717) is 11.6 Å². The molecule has 0 aliphatic rings. The van der Waals surface area contributed by atoms with Gasteiger partial charge in [-0.3, -0.25) is 9.59 Å². The second-order valence-electron chi connectivity index (χ2n) is 6.24. The van der Waals surface area contributed by atoms with Crippen molar-refractivity contribution >= 4 is 34.3 Å². The van der Waals surface area contributed by atoms with E-state index in [-0.39, 0.29) is 17.6 Å². The molecule has 2 amide bonds. The van der Waals surface area contributed by atoms with E-state index in [4.69, 9.17) is 0 Å². The molecule has 0 bridgehead atoms. The fourth-order valence-electron chi connectivity index (χ4n) is 2.81. The maximum Gasteiger partial charge on any atom is 0.242 e. The minimum absolute atomic E-state index is 0.160. The highest BCUT2D eigenvalue weighted by Crippen LogP contribution is 2.31. The number of nitrogens with zero attached hydrogens (tertiary/aromatic N) is 2. The number of nitrogens with one attached hydrogen (secondary N) is 2. The highest BCUT2D eigenvalue weighted by Gasteiger charge is 2.16. The molecule has 3 rings (SSSR count). The van der Waals surface area contributed by atoms with Crippen molar-refractivity contribution < 1.29 is 9.59 Å². The summed E-state index contributed by atoms with van der Waals surface area (Å²) in [7, 11) is 0. The first kappa shape index (κ1) is 19.8.